The van der Waals surface area contributed by atoms with E-state index in [2.05, 4.69) is 0 Å². The molecule has 0 unspecified atom stereocenters. The Hall–Kier alpha value is -1.39. The van der Waals surface area contributed by atoms with Crippen molar-refractivity contribution in [1.29, 1.82) is 0 Å². The molecule has 0 radical (unpaired) electrons. The first-order valence-electron chi connectivity index (χ1n) is 4.54. The summed E-state index contributed by atoms with van der Waals surface area (Å²) < 4.78 is 42.5. The summed E-state index contributed by atoms with van der Waals surface area (Å²) in [5.41, 5.74) is 4.87. The number of hydrogen-bond acceptors (Lipinski definition) is 2. The Balaban J connectivity index is 3.03. The number of halogens is 3. The van der Waals surface area contributed by atoms with E-state index in [1.807, 2.05) is 6.92 Å². The minimum atomic E-state index is -4.41. The van der Waals surface area contributed by atoms with E-state index in [0.717, 1.165) is 6.07 Å². The van der Waals surface area contributed by atoms with Gasteiger partial charge < -0.3 is 10.5 Å². The van der Waals surface area contributed by atoms with Crippen LogP contribution in [0, 0.1) is 0 Å². The Labute approximate surface area is 85.8 Å². The monoisotopic (exact) mass is 219 g/mol. The fraction of sp³-hybridized carbons (Fsp3) is 0.400. The van der Waals surface area contributed by atoms with Crippen molar-refractivity contribution in [1.82, 2.24) is 0 Å². The maximum Gasteiger partial charge on any atom is 0.419 e. The van der Waals surface area contributed by atoms with Crippen LogP contribution in [-0.4, -0.2) is 6.61 Å². The zero-order chi connectivity index (χ0) is 11.5. The fourth-order valence-electron chi connectivity index (χ4n) is 1.10. The van der Waals surface area contributed by atoms with Gasteiger partial charge in [0.2, 0.25) is 0 Å². The van der Waals surface area contributed by atoms with Crippen LogP contribution in [0.3, 0.4) is 0 Å². The Morgan fingerprint density at radius 3 is 2.53 bits per heavy atom. The highest BCUT2D eigenvalue weighted by Gasteiger charge is 2.34. The standard InChI is InChI=1S/C10H12F3NO/c1-2-5-15-9-6-7(14)3-4-8(9)10(11,12)13/h3-4,6H,2,5,14H2,1H3. The first-order chi connectivity index (χ1) is 6.95. The lowest BCUT2D eigenvalue weighted by atomic mass is 10.2. The minimum Gasteiger partial charge on any atom is -0.493 e. The van der Waals surface area contributed by atoms with Crippen LogP contribution in [-0.2, 0) is 6.18 Å². The molecule has 1 rings (SSSR count). The first-order valence-corrected chi connectivity index (χ1v) is 4.54. The number of rotatable bonds is 3. The van der Waals surface area contributed by atoms with E-state index in [0.29, 0.717) is 6.42 Å². The quantitative estimate of drug-likeness (QED) is 0.793. The number of hydrogen-bond donors (Lipinski definition) is 1. The van der Waals surface area contributed by atoms with Crippen LogP contribution in [0.5, 0.6) is 5.75 Å². The third-order valence-corrected chi connectivity index (χ3v) is 1.77. The molecule has 0 fully saturated rings. The summed E-state index contributed by atoms with van der Waals surface area (Å²) in [4.78, 5) is 0. The Kier molecular flexibility index (Phi) is 3.44. The smallest absolute Gasteiger partial charge is 0.419 e. The fourth-order valence-corrected chi connectivity index (χ4v) is 1.10. The van der Waals surface area contributed by atoms with Crippen LogP contribution in [0.15, 0.2) is 18.2 Å². The van der Waals surface area contributed by atoms with Gasteiger partial charge in [-0.15, -0.1) is 0 Å². The predicted molar refractivity (Wildman–Crippen MR) is 51.6 cm³/mol. The van der Waals surface area contributed by atoms with E-state index in [1.54, 1.807) is 0 Å². The highest BCUT2D eigenvalue weighted by molar-refractivity contribution is 5.49. The molecule has 2 nitrogen and oxygen atoms in total. The maximum absolute atomic E-state index is 12.5. The van der Waals surface area contributed by atoms with E-state index in [9.17, 15) is 13.2 Å². The molecule has 2 N–H and O–H groups in total. The molecule has 0 saturated heterocycles. The van der Waals surface area contributed by atoms with Crippen molar-refractivity contribution in [3.05, 3.63) is 23.8 Å². The van der Waals surface area contributed by atoms with Crippen molar-refractivity contribution in [2.75, 3.05) is 12.3 Å². The Morgan fingerprint density at radius 2 is 2.00 bits per heavy atom. The van der Waals surface area contributed by atoms with Crippen molar-refractivity contribution in [2.24, 2.45) is 0 Å². The predicted octanol–water partition coefficient (Wildman–Crippen LogP) is 3.08. The van der Waals surface area contributed by atoms with Crippen LogP contribution >= 0.6 is 0 Å². The van der Waals surface area contributed by atoms with Crippen molar-refractivity contribution >= 4 is 5.69 Å². The molecule has 0 aliphatic heterocycles. The molecule has 0 aliphatic carbocycles. The number of nitrogens with two attached hydrogens (primary N) is 1. The van der Waals surface area contributed by atoms with Gasteiger partial charge in [0, 0.05) is 11.8 Å². The highest BCUT2D eigenvalue weighted by atomic mass is 19.4. The van der Waals surface area contributed by atoms with Gasteiger partial charge in [-0.1, -0.05) is 6.92 Å². The summed E-state index contributed by atoms with van der Waals surface area (Å²) in [6, 6.07) is 3.33. The summed E-state index contributed by atoms with van der Waals surface area (Å²) in [5, 5.41) is 0. The van der Waals surface area contributed by atoms with Gasteiger partial charge in [0.1, 0.15) is 5.75 Å². The molecule has 0 amide bonds. The summed E-state index contributed by atoms with van der Waals surface area (Å²) in [5.74, 6) is -0.204. The molecule has 0 aliphatic rings. The Bertz CT molecular complexity index is 336. The van der Waals surface area contributed by atoms with Crippen LogP contribution in [0.4, 0.5) is 18.9 Å². The van der Waals surface area contributed by atoms with Gasteiger partial charge in [-0.25, -0.2) is 0 Å². The average Bonchev–Trinajstić information content (AvgIpc) is 2.12. The second kappa shape index (κ2) is 4.42. The van der Waals surface area contributed by atoms with Crippen LogP contribution in [0.2, 0.25) is 0 Å². The van der Waals surface area contributed by atoms with Gasteiger partial charge in [0.15, 0.2) is 0 Å². The summed E-state index contributed by atoms with van der Waals surface area (Å²) in [7, 11) is 0. The van der Waals surface area contributed by atoms with Crippen molar-refractivity contribution in [3.63, 3.8) is 0 Å². The number of ether oxygens (including phenoxy) is 1. The van der Waals surface area contributed by atoms with E-state index in [-0.39, 0.29) is 18.0 Å². The minimum absolute atomic E-state index is 0.204. The van der Waals surface area contributed by atoms with Gasteiger partial charge in [-0.05, 0) is 18.6 Å². The number of benzene rings is 1. The normalized spacial score (nSPS) is 11.5. The third-order valence-electron chi connectivity index (χ3n) is 1.77. The van der Waals surface area contributed by atoms with E-state index < -0.39 is 11.7 Å². The molecular weight excluding hydrogens is 207 g/mol. The molecule has 84 valence electrons. The third kappa shape index (κ3) is 3.04. The summed E-state index contributed by atoms with van der Waals surface area (Å²) in [6.45, 7) is 2.06. The summed E-state index contributed by atoms with van der Waals surface area (Å²) in [6.07, 6.45) is -3.76. The van der Waals surface area contributed by atoms with Gasteiger partial charge >= 0.3 is 6.18 Å². The van der Waals surface area contributed by atoms with E-state index in [1.165, 1.54) is 12.1 Å². The zero-order valence-electron chi connectivity index (χ0n) is 8.27. The van der Waals surface area contributed by atoms with E-state index >= 15 is 0 Å². The molecule has 1 aromatic rings. The second-order valence-corrected chi connectivity index (χ2v) is 3.10. The molecule has 15 heavy (non-hydrogen) atoms. The highest BCUT2D eigenvalue weighted by Crippen LogP contribution is 2.37. The molecule has 5 heteroatoms. The molecular formula is C10H12F3NO. The second-order valence-electron chi connectivity index (χ2n) is 3.10. The number of nitrogen functional groups attached to an aromatic ring is 1. The van der Waals surface area contributed by atoms with Gasteiger partial charge in [0.05, 0.1) is 12.2 Å². The van der Waals surface area contributed by atoms with E-state index in [4.69, 9.17) is 10.5 Å². The average molecular weight is 219 g/mol. The largest absolute Gasteiger partial charge is 0.493 e. The Morgan fingerprint density at radius 1 is 1.33 bits per heavy atom. The maximum atomic E-state index is 12.5. The van der Waals surface area contributed by atoms with Crippen molar-refractivity contribution in [3.8, 4) is 5.75 Å². The van der Waals surface area contributed by atoms with Gasteiger partial charge in [-0.3, -0.25) is 0 Å². The summed E-state index contributed by atoms with van der Waals surface area (Å²) >= 11 is 0. The topological polar surface area (TPSA) is 35.2 Å². The SMILES string of the molecule is CCCOc1cc(N)ccc1C(F)(F)F. The van der Waals surface area contributed by atoms with Crippen LogP contribution in [0.1, 0.15) is 18.9 Å². The molecule has 0 atom stereocenters. The first kappa shape index (κ1) is 11.7. The molecule has 0 bridgehead atoms. The van der Waals surface area contributed by atoms with Crippen molar-refractivity contribution < 1.29 is 17.9 Å². The van der Waals surface area contributed by atoms with Gasteiger partial charge in [-0.2, -0.15) is 13.2 Å². The molecule has 0 heterocycles. The molecule has 1 aromatic carbocycles. The van der Waals surface area contributed by atoms with Gasteiger partial charge in [0.25, 0.3) is 0 Å². The number of alkyl halides is 3. The number of anilines is 1. The molecule has 0 spiro atoms. The van der Waals surface area contributed by atoms with Crippen LogP contribution < -0.4 is 10.5 Å². The lowest BCUT2D eigenvalue weighted by Gasteiger charge is -2.13. The lowest BCUT2D eigenvalue weighted by Crippen LogP contribution is -2.09. The van der Waals surface area contributed by atoms with Crippen LogP contribution in [0.25, 0.3) is 0 Å². The lowest BCUT2D eigenvalue weighted by molar-refractivity contribution is -0.138. The zero-order valence-corrected chi connectivity index (χ0v) is 8.27. The molecule has 0 aromatic heterocycles. The van der Waals surface area contributed by atoms with Crippen molar-refractivity contribution in [2.45, 2.75) is 19.5 Å². The molecule has 0 saturated carbocycles.